The van der Waals surface area contributed by atoms with Gasteiger partial charge in [-0.05, 0) is 43.9 Å². The van der Waals surface area contributed by atoms with Gasteiger partial charge >= 0.3 is 23.9 Å². The summed E-state index contributed by atoms with van der Waals surface area (Å²) in [6, 6.07) is 3.23. The zero-order valence-corrected chi connectivity index (χ0v) is 22.1. The fraction of sp³-hybridized carbons (Fsp3) is 0.630. The first kappa shape index (κ1) is 31.1. The maximum atomic E-state index is 12.4. The van der Waals surface area contributed by atoms with E-state index in [0.717, 1.165) is 12.8 Å². The van der Waals surface area contributed by atoms with Crippen LogP contribution in [0.15, 0.2) is 18.2 Å². The van der Waals surface area contributed by atoms with E-state index in [2.05, 4.69) is 0 Å². The first-order valence-corrected chi connectivity index (χ1v) is 12.8. The van der Waals surface area contributed by atoms with E-state index in [1.54, 1.807) is 19.9 Å². The van der Waals surface area contributed by atoms with Crippen molar-refractivity contribution in [2.45, 2.75) is 104 Å². The number of carbonyl (C=O) groups excluding carboxylic acids is 3. The van der Waals surface area contributed by atoms with Crippen LogP contribution in [0.5, 0.6) is 11.5 Å². The third kappa shape index (κ3) is 9.97. The molecule has 0 bridgehead atoms. The average Bonchev–Trinajstić information content (AvgIpc) is 2.82. The molecule has 3 unspecified atom stereocenters. The van der Waals surface area contributed by atoms with Crippen molar-refractivity contribution in [2.75, 3.05) is 0 Å². The quantitative estimate of drug-likeness (QED) is 0.239. The second-order valence-electron chi connectivity index (χ2n) is 9.06. The monoisotopic (exact) mass is 507 g/mol. The van der Waals surface area contributed by atoms with E-state index < -0.39 is 41.9 Å². The van der Waals surface area contributed by atoms with Crippen LogP contribution in [-0.4, -0.2) is 41.1 Å². The largest absolute Gasteiger partial charge is 0.480 e. The molecular weight excluding hydrogens is 466 g/mol. The van der Waals surface area contributed by atoms with Gasteiger partial charge in [-0.15, -0.1) is 0 Å². The molecule has 1 aromatic carbocycles. The van der Waals surface area contributed by atoms with Crippen LogP contribution in [0.2, 0.25) is 0 Å². The maximum Gasteiger partial charge on any atom is 0.321 e. The molecule has 4 atom stereocenters. The molecule has 0 saturated carbocycles. The second-order valence-corrected chi connectivity index (χ2v) is 9.06. The molecular formula is C27H41NO8. The Kier molecular flexibility index (Phi) is 13.8. The highest BCUT2D eigenvalue weighted by Gasteiger charge is 2.35. The van der Waals surface area contributed by atoms with Crippen molar-refractivity contribution in [1.29, 1.82) is 0 Å². The predicted octanol–water partition coefficient (Wildman–Crippen LogP) is 4.74. The summed E-state index contributed by atoms with van der Waals surface area (Å²) in [6.07, 6.45) is 3.57. The van der Waals surface area contributed by atoms with Crippen molar-refractivity contribution in [3.8, 4) is 11.5 Å². The number of carboxylic acid groups (broad SMARTS) is 1. The number of rotatable bonds is 16. The summed E-state index contributed by atoms with van der Waals surface area (Å²) < 4.78 is 16.5. The van der Waals surface area contributed by atoms with Gasteiger partial charge in [-0.25, -0.2) is 0 Å². The summed E-state index contributed by atoms with van der Waals surface area (Å²) in [5.74, 6) is -3.74. The van der Waals surface area contributed by atoms with Crippen LogP contribution in [0.25, 0.3) is 0 Å². The smallest absolute Gasteiger partial charge is 0.321 e. The van der Waals surface area contributed by atoms with Crippen LogP contribution in [-0.2, 0) is 23.9 Å². The lowest BCUT2D eigenvalue weighted by Gasteiger charge is -2.32. The highest BCUT2D eigenvalue weighted by atomic mass is 16.6. The molecule has 0 radical (unpaired) electrons. The molecule has 0 aliphatic rings. The molecule has 0 aliphatic carbocycles. The Morgan fingerprint density at radius 3 is 1.89 bits per heavy atom. The molecule has 0 amide bonds. The van der Waals surface area contributed by atoms with E-state index in [-0.39, 0.29) is 36.7 Å². The van der Waals surface area contributed by atoms with E-state index in [1.165, 1.54) is 12.1 Å². The molecule has 9 nitrogen and oxygen atoms in total. The SMILES string of the molecule is CCCCC(=O)Oc1ccc(C(C(C)C(C)OC(=O)CCC)[C@H](N)C(=O)O)cc1OC(=O)CCCC. The molecule has 1 aromatic rings. The van der Waals surface area contributed by atoms with E-state index >= 15 is 0 Å². The number of benzene rings is 1. The van der Waals surface area contributed by atoms with Gasteiger partial charge in [-0.1, -0.05) is 46.6 Å². The normalized spacial score (nSPS) is 14.3. The van der Waals surface area contributed by atoms with Gasteiger partial charge in [0.05, 0.1) is 0 Å². The third-order valence-electron chi connectivity index (χ3n) is 6.02. The van der Waals surface area contributed by atoms with Gasteiger partial charge in [-0.2, -0.15) is 0 Å². The van der Waals surface area contributed by atoms with E-state index in [4.69, 9.17) is 19.9 Å². The molecule has 0 spiro atoms. The minimum Gasteiger partial charge on any atom is -0.480 e. The Bertz CT molecular complexity index is 885. The Labute approximate surface area is 213 Å². The van der Waals surface area contributed by atoms with Gasteiger partial charge in [0.2, 0.25) is 0 Å². The predicted molar refractivity (Wildman–Crippen MR) is 135 cm³/mol. The molecule has 0 aliphatic heterocycles. The number of carboxylic acids is 1. The standard InChI is InChI=1S/C27H41NO8/c1-6-9-12-23(30)35-20-15-14-19(16-21(20)36-24(31)13-10-7-2)25(26(28)27(32)33)17(4)18(5)34-22(29)11-8-3/h14-18,25-26H,6-13,28H2,1-5H3,(H,32,33)/t17?,18?,25?,26-/m0/s1. The molecule has 202 valence electrons. The van der Waals surface area contributed by atoms with Crippen molar-refractivity contribution >= 4 is 23.9 Å². The van der Waals surface area contributed by atoms with Gasteiger partial charge in [0.25, 0.3) is 0 Å². The first-order chi connectivity index (χ1) is 17.0. The van der Waals surface area contributed by atoms with Crippen molar-refractivity contribution in [3.63, 3.8) is 0 Å². The summed E-state index contributed by atoms with van der Waals surface area (Å²) in [4.78, 5) is 48.5. The fourth-order valence-corrected chi connectivity index (χ4v) is 3.75. The number of aliphatic carboxylic acids is 1. The van der Waals surface area contributed by atoms with Crippen molar-refractivity contribution in [1.82, 2.24) is 0 Å². The number of unbranched alkanes of at least 4 members (excludes halogenated alkanes) is 2. The Balaban J connectivity index is 3.39. The Hall–Kier alpha value is -2.94. The Morgan fingerprint density at radius 1 is 0.833 bits per heavy atom. The van der Waals surface area contributed by atoms with E-state index in [9.17, 15) is 24.3 Å². The lowest BCUT2D eigenvalue weighted by molar-refractivity contribution is -0.151. The summed E-state index contributed by atoms with van der Waals surface area (Å²) in [6.45, 7) is 9.20. The van der Waals surface area contributed by atoms with Crippen LogP contribution >= 0.6 is 0 Å². The second kappa shape index (κ2) is 15.9. The first-order valence-electron chi connectivity index (χ1n) is 12.8. The zero-order chi connectivity index (χ0) is 27.3. The molecule has 3 N–H and O–H groups in total. The number of carbonyl (C=O) groups is 4. The maximum absolute atomic E-state index is 12.4. The molecule has 9 heteroatoms. The van der Waals surface area contributed by atoms with Crippen LogP contribution in [0.1, 0.15) is 97.5 Å². The number of nitrogens with two attached hydrogens (primary N) is 1. The van der Waals surface area contributed by atoms with Crippen molar-refractivity contribution in [3.05, 3.63) is 23.8 Å². The Morgan fingerprint density at radius 2 is 1.39 bits per heavy atom. The molecule has 1 rings (SSSR count). The lowest BCUT2D eigenvalue weighted by Crippen LogP contribution is -2.42. The zero-order valence-electron chi connectivity index (χ0n) is 22.1. The van der Waals surface area contributed by atoms with E-state index in [0.29, 0.717) is 24.8 Å². The number of hydrogen-bond donors (Lipinski definition) is 2. The molecule has 36 heavy (non-hydrogen) atoms. The number of esters is 3. The number of ether oxygens (including phenoxy) is 3. The topological polar surface area (TPSA) is 142 Å². The van der Waals surface area contributed by atoms with Gasteiger partial charge in [-0.3, -0.25) is 19.2 Å². The molecule has 0 fully saturated rings. The van der Waals surface area contributed by atoms with E-state index in [1.807, 2.05) is 20.8 Å². The van der Waals surface area contributed by atoms with Gasteiger partial charge in [0, 0.05) is 31.1 Å². The van der Waals surface area contributed by atoms with Crippen LogP contribution < -0.4 is 15.2 Å². The summed E-state index contributed by atoms with van der Waals surface area (Å²) in [7, 11) is 0. The third-order valence-corrected chi connectivity index (χ3v) is 6.02. The molecule has 0 aromatic heterocycles. The van der Waals surface area contributed by atoms with Crippen molar-refractivity contribution < 1.29 is 38.5 Å². The van der Waals surface area contributed by atoms with Crippen LogP contribution in [0.4, 0.5) is 0 Å². The van der Waals surface area contributed by atoms with Gasteiger partial charge < -0.3 is 25.1 Å². The average molecular weight is 508 g/mol. The van der Waals surface area contributed by atoms with Crippen LogP contribution in [0.3, 0.4) is 0 Å². The van der Waals surface area contributed by atoms with Gasteiger partial charge in [0.15, 0.2) is 11.5 Å². The minimum absolute atomic E-state index is 0.0175. The summed E-state index contributed by atoms with van der Waals surface area (Å²) in [5.41, 5.74) is 6.54. The molecule has 0 heterocycles. The minimum atomic E-state index is -1.33. The van der Waals surface area contributed by atoms with Crippen LogP contribution in [0, 0.1) is 5.92 Å². The number of hydrogen-bond acceptors (Lipinski definition) is 8. The van der Waals surface area contributed by atoms with Gasteiger partial charge in [0.1, 0.15) is 12.1 Å². The fourth-order valence-electron chi connectivity index (χ4n) is 3.75. The summed E-state index contributed by atoms with van der Waals surface area (Å²) >= 11 is 0. The lowest BCUT2D eigenvalue weighted by atomic mass is 9.79. The highest BCUT2D eigenvalue weighted by molar-refractivity contribution is 5.77. The molecule has 0 saturated heterocycles. The van der Waals surface area contributed by atoms with Crippen molar-refractivity contribution in [2.24, 2.45) is 11.7 Å². The summed E-state index contributed by atoms with van der Waals surface area (Å²) in [5, 5.41) is 9.69. The highest BCUT2D eigenvalue weighted by Crippen LogP contribution is 2.37.